The number of imidazole rings is 1. The third-order valence-corrected chi connectivity index (χ3v) is 6.54. The van der Waals surface area contributed by atoms with Crippen LogP contribution in [0.15, 0.2) is 35.8 Å². The molecular weight excluding hydrogens is 400 g/mol. The average molecular weight is 427 g/mol. The first-order valence-electron chi connectivity index (χ1n) is 10.1. The number of likely N-dealkylation sites (tertiary alicyclic amines) is 1. The van der Waals surface area contributed by atoms with E-state index < -0.39 is 0 Å². The number of esters is 1. The van der Waals surface area contributed by atoms with Crippen LogP contribution in [0.5, 0.6) is 0 Å². The molecule has 8 heteroatoms. The zero-order valence-electron chi connectivity index (χ0n) is 17.3. The number of carbonyl (C=O) groups is 2. The molecule has 3 aromatic rings. The van der Waals surface area contributed by atoms with E-state index in [9.17, 15) is 9.59 Å². The Hall–Kier alpha value is -2.71. The summed E-state index contributed by atoms with van der Waals surface area (Å²) in [6.45, 7) is 4.18. The zero-order valence-corrected chi connectivity index (χ0v) is 18.1. The first kappa shape index (κ1) is 20.6. The predicted octanol–water partition coefficient (Wildman–Crippen LogP) is 3.16. The van der Waals surface area contributed by atoms with E-state index in [0.29, 0.717) is 18.5 Å². The number of fused-ring (bicyclic) bond motifs is 1. The molecule has 1 N–H and O–H groups in total. The highest BCUT2D eigenvalue weighted by atomic mass is 32.1. The van der Waals surface area contributed by atoms with Crippen molar-refractivity contribution in [2.24, 2.45) is 0 Å². The summed E-state index contributed by atoms with van der Waals surface area (Å²) in [4.78, 5) is 31.5. The molecule has 1 aromatic carbocycles. The minimum Gasteiger partial charge on any atom is -0.465 e. The molecule has 2 aromatic heterocycles. The molecule has 1 saturated heterocycles. The van der Waals surface area contributed by atoms with E-state index >= 15 is 0 Å². The number of nitrogens with zero attached hydrogens (tertiary/aromatic N) is 3. The molecule has 158 valence electrons. The van der Waals surface area contributed by atoms with E-state index in [1.54, 1.807) is 23.5 Å². The van der Waals surface area contributed by atoms with Crippen LogP contribution in [0.25, 0.3) is 4.96 Å². The average Bonchev–Trinajstić information content (AvgIpc) is 3.42. The van der Waals surface area contributed by atoms with Crippen LogP contribution in [0.2, 0.25) is 0 Å². The molecule has 0 bridgehead atoms. The maximum Gasteiger partial charge on any atom is 0.337 e. The maximum absolute atomic E-state index is 12.4. The van der Waals surface area contributed by atoms with Gasteiger partial charge in [0.25, 0.3) is 0 Å². The van der Waals surface area contributed by atoms with Crippen molar-refractivity contribution in [3.8, 4) is 0 Å². The molecule has 0 radical (unpaired) electrons. The van der Waals surface area contributed by atoms with Crippen LogP contribution in [-0.4, -0.2) is 45.9 Å². The Kier molecular flexibility index (Phi) is 6.15. The number of nitrogens with one attached hydrogen (secondary N) is 1. The third kappa shape index (κ3) is 4.39. The largest absolute Gasteiger partial charge is 0.465 e. The van der Waals surface area contributed by atoms with Gasteiger partial charge < -0.3 is 15.0 Å². The normalized spacial score (nSPS) is 16.5. The molecule has 1 aliphatic rings. The van der Waals surface area contributed by atoms with E-state index in [-0.39, 0.29) is 17.9 Å². The highest BCUT2D eigenvalue weighted by molar-refractivity contribution is 7.15. The second-order valence-electron chi connectivity index (χ2n) is 7.63. The quantitative estimate of drug-likeness (QED) is 0.442. The molecule has 0 unspecified atom stereocenters. The smallest absolute Gasteiger partial charge is 0.337 e. The molecule has 30 heavy (non-hydrogen) atoms. The molecule has 0 saturated carbocycles. The van der Waals surface area contributed by atoms with Crippen LogP contribution in [0.3, 0.4) is 0 Å². The van der Waals surface area contributed by atoms with Crippen molar-refractivity contribution in [2.75, 3.05) is 13.7 Å². The van der Waals surface area contributed by atoms with Crippen LogP contribution in [0.1, 0.15) is 46.6 Å². The number of carbonyl (C=O) groups excluding carboxylic acids is 2. The summed E-state index contributed by atoms with van der Waals surface area (Å²) in [5.74, 6) is -0.111. The van der Waals surface area contributed by atoms with Crippen molar-refractivity contribution in [1.29, 1.82) is 0 Å². The Bertz CT molecular complexity index is 1040. The molecule has 0 spiro atoms. The van der Waals surface area contributed by atoms with Crippen LogP contribution in [-0.2, 0) is 22.6 Å². The Balaban J connectivity index is 1.28. The van der Waals surface area contributed by atoms with Crippen molar-refractivity contribution in [3.63, 3.8) is 0 Å². The molecule has 1 aliphatic heterocycles. The lowest BCUT2D eigenvalue weighted by atomic mass is 10.1. The van der Waals surface area contributed by atoms with E-state index in [4.69, 9.17) is 4.74 Å². The van der Waals surface area contributed by atoms with Gasteiger partial charge in [0, 0.05) is 36.3 Å². The fourth-order valence-corrected chi connectivity index (χ4v) is 4.75. The lowest BCUT2D eigenvalue weighted by Crippen LogP contribution is -2.34. The molecule has 1 atom stereocenters. The highest BCUT2D eigenvalue weighted by Gasteiger charge is 2.31. The van der Waals surface area contributed by atoms with Gasteiger partial charge in [-0.25, -0.2) is 9.78 Å². The van der Waals surface area contributed by atoms with Crippen LogP contribution < -0.4 is 5.32 Å². The Morgan fingerprint density at radius 1 is 1.33 bits per heavy atom. The SMILES string of the molecule is COC(=O)c1ccc(CNCC[C@@H]2CCC(=O)N2Cc2cn3c(C)csc3n2)cc1. The van der Waals surface area contributed by atoms with Crippen LogP contribution >= 0.6 is 11.3 Å². The van der Waals surface area contributed by atoms with Crippen molar-refractivity contribution in [1.82, 2.24) is 19.6 Å². The van der Waals surface area contributed by atoms with Crippen molar-refractivity contribution >= 4 is 28.2 Å². The van der Waals surface area contributed by atoms with Crippen molar-refractivity contribution in [2.45, 2.75) is 45.3 Å². The summed E-state index contributed by atoms with van der Waals surface area (Å²) >= 11 is 1.63. The number of hydrogen-bond donors (Lipinski definition) is 1. The minimum atomic E-state index is -0.326. The summed E-state index contributed by atoms with van der Waals surface area (Å²) in [5, 5.41) is 5.53. The predicted molar refractivity (Wildman–Crippen MR) is 115 cm³/mol. The third-order valence-electron chi connectivity index (χ3n) is 5.58. The van der Waals surface area contributed by atoms with Gasteiger partial charge in [-0.3, -0.25) is 9.20 Å². The monoisotopic (exact) mass is 426 g/mol. The van der Waals surface area contributed by atoms with E-state index in [0.717, 1.165) is 42.1 Å². The molecule has 7 nitrogen and oxygen atoms in total. The minimum absolute atomic E-state index is 0.214. The standard InChI is InChI=1S/C22H26N4O3S/c1-15-14-30-22-24-18(12-25(15)22)13-26-19(7-8-20(26)27)9-10-23-11-16-3-5-17(6-4-16)21(28)29-2/h3-6,12,14,19,23H,7-11,13H2,1-2H3/t19-/m0/s1. The van der Waals surface area contributed by atoms with Gasteiger partial charge in [-0.15, -0.1) is 11.3 Å². The number of amides is 1. The lowest BCUT2D eigenvalue weighted by molar-refractivity contribution is -0.129. The summed E-state index contributed by atoms with van der Waals surface area (Å²) in [6.07, 6.45) is 4.46. The van der Waals surface area contributed by atoms with E-state index in [1.807, 2.05) is 23.2 Å². The summed E-state index contributed by atoms with van der Waals surface area (Å²) in [7, 11) is 1.38. The van der Waals surface area contributed by atoms with Gasteiger partial charge >= 0.3 is 5.97 Å². The van der Waals surface area contributed by atoms with Gasteiger partial charge in [0.2, 0.25) is 5.91 Å². The number of aromatic nitrogens is 2. The summed E-state index contributed by atoms with van der Waals surface area (Å²) < 4.78 is 6.81. The van der Waals surface area contributed by atoms with Crippen molar-refractivity contribution < 1.29 is 14.3 Å². The Morgan fingerprint density at radius 3 is 2.87 bits per heavy atom. The molecular formula is C22H26N4O3S. The van der Waals surface area contributed by atoms with E-state index in [2.05, 4.69) is 27.0 Å². The first-order valence-corrected chi connectivity index (χ1v) is 11.0. The summed E-state index contributed by atoms with van der Waals surface area (Å²) in [6, 6.07) is 7.65. The molecule has 3 heterocycles. The second-order valence-corrected chi connectivity index (χ2v) is 8.47. The maximum atomic E-state index is 12.4. The molecule has 0 aliphatic carbocycles. The number of ether oxygens (including phenoxy) is 1. The second kappa shape index (κ2) is 8.97. The zero-order chi connectivity index (χ0) is 21.1. The lowest BCUT2D eigenvalue weighted by Gasteiger charge is -2.24. The van der Waals surface area contributed by atoms with Gasteiger partial charge in [-0.1, -0.05) is 12.1 Å². The Labute approximate surface area is 179 Å². The van der Waals surface area contributed by atoms with Crippen LogP contribution in [0, 0.1) is 6.92 Å². The highest BCUT2D eigenvalue weighted by Crippen LogP contribution is 2.24. The fraction of sp³-hybridized carbons (Fsp3) is 0.409. The van der Waals surface area contributed by atoms with E-state index in [1.165, 1.54) is 12.8 Å². The summed E-state index contributed by atoms with van der Waals surface area (Å²) in [5.41, 5.74) is 3.77. The van der Waals surface area contributed by atoms with Crippen molar-refractivity contribution in [3.05, 3.63) is 58.4 Å². The number of aryl methyl sites for hydroxylation is 1. The van der Waals surface area contributed by atoms with Gasteiger partial charge in [-0.2, -0.15) is 0 Å². The molecule has 4 rings (SSSR count). The van der Waals surface area contributed by atoms with Gasteiger partial charge in [0.05, 0.1) is 24.9 Å². The molecule has 1 fully saturated rings. The van der Waals surface area contributed by atoms with Gasteiger partial charge in [-0.05, 0) is 44.0 Å². The number of rotatable bonds is 8. The van der Waals surface area contributed by atoms with Crippen LogP contribution in [0.4, 0.5) is 0 Å². The van der Waals surface area contributed by atoms with Gasteiger partial charge in [0.1, 0.15) is 0 Å². The fourth-order valence-electron chi connectivity index (χ4n) is 3.88. The number of methoxy groups -OCH3 is 1. The topological polar surface area (TPSA) is 75.9 Å². The van der Waals surface area contributed by atoms with Gasteiger partial charge in [0.15, 0.2) is 4.96 Å². The number of benzene rings is 1. The Morgan fingerprint density at radius 2 is 2.13 bits per heavy atom. The first-order chi connectivity index (χ1) is 14.5. The molecule has 1 amide bonds. The number of hydrogen-bond acceptors (Lipinski definition) is 6. The number of thiazole rings is 1.